The number of fused-ring (bicyclic) bond motifs is 1. The Labute approximate surface area is 175 Å². The molecule has 1 atom stereocenters. The van der Waals surface area contributed by atoms with E-state index in [1.165, 1.54) is 11.8 Å². The minimum absolute atomic E-state index is 0.0516. The molecule has 1 aromatic heterocycles. The van der Waals surface area contributed by atoms with Gasteiger partial charge in [-0.2, -0.15) is 0 Å². The zero-order valence-corrected chi connectivity index (χ0v) is 17.5. The SMILES string of the molecule is CC(Sc1ncc(-c2ccc(Br)cc2)[nH]1)C(=O)NCc1ccc2c(c1)OCO2. The average Bonchev–Trinajstić information content (AvgIpc) is 3.35. The van der Waals surface area contributed by atoms with Gasteiger partial charge in [0.15, 0.2) is 16.7 Å². The van der Waals surface area contributed by atoms with Crippen LogP contribution >= 0.6 is 27.7 Å². The van der Waals surface area contributed by atoms with E-state index in [4.69, 9.17) is 9.47 Å². The standard InChI is InChI=1S/C20H18BrN3O3S/c1-12(19(25)22-9-13-2-7-17-18(8-13)27-11-26-17)28-20-23-10-16(24-20)14-3-5-15(21)6-4-14/h2-8,10,12H,9,11H2,1H3,(H,22,25)(H,23,24). The number of nitrogens with one attached hydrogen (secondary N) is 2. The van der Waals surface area contributed by atoms with Crippen LogP contribution in [-0.2, 0) is 11.3 Å². The predicted molar refractivity (Wildman–Crippen MR) is 111 cm³/mol. The van der Waals surface area contributed by atoms with Crippen molar-refractivity contribution in [3.05, 3.63) is 58.7 Å². The summed E-state index contributed by atoms with van der Waals surface area (Å²) in [6, 6.07) is 13.6. The molecule has 144 valence electrons. The number of aromatic amines is 1. The van der Waals surface area contributed by atoms with Gasteiger partial charge in [-0.3, -0.25) is 4.79 Å². The summed E-state index contributed by atoms with van der Waals surface area (Å²) < 4.78 is 11.7. The van der Waals surface area contributed by atoms with Crippen LogP contribution in [0.3, 0.4) is 0 Å². The van der Waals surface area contributed by atoms with Crippen molar-refractivity contribution in [2.45, 2.75) is 23.9 Å². The molecule has 0 fully saturated rings. The van der Waals surface area contributed by atoms with Gasteiger partial charge in [-0.15, -0.1) is 0 Å². The van der Waals surface area contributed by atoms with E-state index in [0.717, 1.165) is 27.0 Å². The summed E-state index contributed by atoms with van der Waals surface area (Å²) in [7, 11) is 0. The molecule has 4 rings (SSSR count). The highest BCUT2D eigenvalue weighted by molar-refractivity contribution is 9.10. The van der Waals surface area contributed by atoms with Crippen molar-refractivity contribution < 1.29 is 14.3 Å². The number of hydrogen-bond acceptors (Lipinski definition) is 5. The Hall–Kier alpha value is -2.45. The van der Waals surface area contributed by atoms with Crippen molar-refractivity contribution in [2.24, 2.45) is 0 Å². The highest BCUT2D eigenvalue weighted by atomic mass is 79.9. The van der Waals surface area contributed by atoms with E-state index >= 15 is 0 Å². The van der Waals surface area contributed by atoms with Gasteiger partial charge >= 0.3 is 0 Å². The van der Waals surface area contributed by atoms with E-state index < -0.39 is 0 Å². The molecule has 1 unspecified atom stereocenters. The van der Waals surface area contributed by atoms with E-state index in [-0.39, 0.29) is 18.0 Å². The third kappa shape index (κ3) is 4.34. The van der Waals surface area contributed by atoms with E-state index in [1.54, 1.807) is 6.20 Å². The first-order valence-corrected chi connectivity index (χ1v) is 10.4. The van der Waals surface area contributed by atoms with Crippen molar-refractivity contribution in [1.29, 1.82) is 0 Å². The summed E-state index contributed by atoms with van der Waals surface area (Å²) in [6.07, 6.45) is 1.78. The molecule has 2 N–H and O–H groups in total. The second-order valence-electron chi connectivity index (χ2n) is 6.27. The third-order valence-electron chi connectivity index (χ3n) is 4.27. The number of halogens is 1. The van der Waals surface area contributed by atoms with E-state index in [1.807, 2.05) is 49.4 Å². The molecule has 0 bridgehead atoms. The van der Waals surface area contributed by atoms with Crippen LogP contribution in [0.4, 0.5) is 0 Å². The maximum Gasteiger partial charge on any atom is 0.233 e. The summed E-state index contributed by atoms with van der Waals surface area (Å²) in [5.41, 5.74) is 2.93. The fraction of sp³-hybridized carbons (Fsp3) is 0.200. The van der Waals surface area contributed by atoms with E-state index in [9.17, 15) is 4.79 Å². The van der Waals surface area contributed by atoms with Crippen molar-refractivity contribution in [3.63, 3.8) is 0 Å². The topological polar surface area (TPSA) is 76.2 Å². The summed E-state index contributed by atoms with van der Waals surface area (Å²) in [5, 5.41) is 3.38. The lowest BCUT2D eigenvalue weighted by atomic mass is 10.2. The average molecular weight is 460 g/mol. The number of hydrogen-bond donors (Lipinski definition) is 2. The fourth-order valence-corrected chi connectivity index (χ4v) is 3.82. The van der Waals surface area contributed by atoms with Crippen LogP contribution in [0.1, 0.15) is 12.5 Å². The van der Waals surface area contributed by atoms with Gasteiger partial charge in [0.1, 0.15) is 0 Å². The molecular formula is C20H18BrN3O3S. The number of ether oxygens (including phenoxy) is 2. The molecule has 2 aromatic carbocycles. The van der Waals surface area contributed by atoms with Gasteiger partial charge in [0.2, 0.25) is 12.7 Å². The number of benzene rings is 2. The molecule has 1 aliphatic heterocycles. The maximum absolute atomic E-state index is 12.4. The second-order valence-corrected chi connectivity index (χ2v) is 8.52. The maximum atomic E-state index is 12.4. The lowest BCUT2D eigenvalue weighted by Crippen LogP contribution is -2.30. The summed E-state index contributed by atoms with van der Waals surface area (Å²) in [4.78, 5) is 20.1. The number of aromatic nitrogens is 2. The molecule has 8 heteroatoms. The van der Waals surface area contributed by atoms with Gasteiger partial charge in [-0.25, -0.2) is 4.98 Å². The molecule has 6 nitrogen and oxygen atoms in total. The monoisotopic (exact) mass is 459 g/mol. The lowest BCUT2D eigenvalue weighted by Gasteiger charge is -2.11. The smallest absolute Gasteiger partial charge is 0.233 e. The molecule has 2 heterocycles. The van der Waals surface area contributed by atoms with Crippen molar-refractivity contribution in [1.82, 2.24) is 15.3 Å². The minimum atomic E-state index is -0.280. The van der Waals surface area contributed by atoms with Crippen LogP contribution in [0.2, 0.25) is 0 Å². The van der Waals surface area contributed by atoms with Crippen LogP contribution in [-0.4, -0.2) is 27.9 Å². The molecule has 0 saturated heterocycles. The largest absolute Gasteiger partial charge is 0.454 e. The number of carbonyl (C=O) groups excluding carboxylic acids is 1. The molecule has 0 radical (unpaired) electrons. The van der Waals surface area contributed by atoms with Crippen molar-refractivity contribution in [2.75, 3.05) is 6.79 Å². The Morgan fingerprint density at radius 3 is 2.86 bits per heavy atom. The molecule has 1 aliphatic rings. The van der Waals surface area contributed by atoms with Gasteiger partial charge in [-0.05, 0) is 42.3 Å². The van der Waals surface area contributed by atoms with Gasteiger partial charge in [0.25, 0.3) is 0 Å². The van der Waals surface area contributed by atoms with Gasteiger partial charge < -0.3 is 19.8 Å². The number of rotatable bonds is 6. The summed E-state index contributed by atoms with van der Waals surface area (Å²) in [6.45, 7) is 2.54. The van der Waals surface area contributed by atoms with Crippen LogP contribution in [0.15, 0.2) is 58.3 Å². The van der Waals surface area contributed by atoms with Crippen LogP contribution in [0, 0.1) is 0 Å². The Balaban J connectivity index is 1.32. The summed E-state index contributed by atoms with van der Waals surface area (Å²) >= 11 is 4.82. The van der Waals surface area contributed by atoms with Gasteiger partial charge in [-0.1, -0.05) is 45.9 Å². The van der Waals surface area contributed by atoms with E-state index in [0.29, 0.717) is 17.5 Å². The van der Waals surface area contributed by atoms with Gasteiger partial charge in [0, 0.05) is 11.0 Å². The molecule has 0 saturated carbocycles. The number of carbonyl (C=O) groups is 1. The van der Waals surface area contributed by atoms with Crippen LogP contribution in [0.5, 0.6) is 11.5 Å². The molecule has 0 aliphatic carbocycles. The Morgan fingerprint density at radius 1 is 1.25 bits per heavy atom. The number of imidazole rings is 1. The first kappa shape index (κ1) is 18.9. The van der Waals surface area contributed by atoms with Crippen molar-refractivity contribution >= 4 is 33.6 Å². The molecule has 28 heavy (non-hydrogen) atoms. The second kappa shape index (κ2) is 8.28. The highest BCUT2D eigenvalue weighted by Gasteiger charge is 2.17. The zero-order valence-electron chi connectivity index (χ0n) is 15.1. The van der Waals surface area contributed by atoms with E-state index in [2.05, 4.69) is 31.2 Å². The summed E-state index contributed by atoms with van der Waals surface area (Å²) in [5.74, 6) is 1.40. The predicted octanol–water partition coefficient (Wildman–Crippen LogP) is 4.36. The number of amides is 1. The molecule has 3 aromatic rings. The van der Waals surface area contributed by atoms with Gasteiger partial charge in [0.05, 0.1) is 17.1 Å². The van der Waals surface area contributed by atoms with Crippen molar-refractivity contribution in [3.8, 4) is 22.8 Å². The Bertz CT molecular complexity index is 991. The van der Waals surface area contributed by atoms with Crippen LogP contribution in [0.25, 0.3) is 11.3 Å². The first-order chi connectivity index (χ1) is 13.6. The zero-order chi connectivity index (χ0) is 19.5. The molecular weight excluding hydrogens is 442 g/mol. The quantitative estimate of drug-likeness (QED) is 0.535. The minimum Gasteiger partial charge on any atom is -0.454 e. The Kier molecular flexibility index (Phi) is 5.59. The Morgan fingerprint density at radius 2 is 2.04 bits per heavy atom. The third-order valence-corrected chi connectivity index (χ3v) is 5.80. The number of H-pyrrole nitrogens is 1. The fourth-order valence-electron chi connectivity index (χ4n) is 2.74. The first-order valence-electron chi connectivity index (χ1n) is 8.72. The number of nitrogens with zero attached hydrogens (tertiary/aromatic N) is 1. The number of thioether (sulfide) groups is 1. The molecule has 1 amide bonds. The molecule has 0 spiro atoms. The highest BCUT2D eigenvalue weighted by Crippen LogP contribution is 2.32. The normalized spacial score (nSPS) is 13.4. The van der Waals surface area contributed by atoms with Crippen LogP contribution < -0.4 is 14.8 Å². The lowest BCUT2D eigenvalue weighted by molar-refractivity contribution is -0.120.